The number of rotatable bonds is 6. The maximum absolute atomic E-state index is 11.9. The lowest BCUT2D eigenvalue weighted by Crippen LogP contribution is -2.36. The van der Waals surface area contributed by atoms with Crippen LogP contribution in [0.3, 0.4) is 0 Å². The summed E-state index contributed by atoms with van der Waals surface area (Å²) in [6.07, 6.45) is 0. The standard InChI is InChI=1S/C17H21N3O2S/c1-12-4-9-15(23-12)17(22)19-11-16(21)18-10-13-5-7-14(8-6-13)20(2)3/h4-9H,10-11H2,1-3H3,(H,18,21)(H,19,22). The second-order valence-electron chi connectivity index (χ2n) is 5.43. The number of benzene rings is 1. The molecule has 0 atom stereocenters. The molecule has 0 radical (unpaired) electrons. The molecule has 0 spiro atoms. The molecule has 5 nitrogen and oxygen atoms in total. The van der Waals surface area contributed by atoms with Crippen LogP contribution in [-0.2, 0) is 11.3 Å². The van der Waals surface area contributed by atoms with Gasteiger partial charge in [-0.2, -0.15) is 0 Å². The highest BCUT2D eigenvalue weighted by Crippen LogP contribution is 2.14. The molecule has 2 rings (SSSR count). The highest BCUT2D eigenvalue weighted by molar-refractivity contribution is 7.13. The molecular weight excluding hydrogens is 310 g/mol. The Morgan fingerprint density at radius 2 is 1.74 bits per heavy atom. The van der Waals surface area contributed by atoms with Gasteiger partial charge in [0.25, 0.3) is 5.91 Å². The lowest BCUT2D eigenvalue weighted by atomic mass is 10.2. The molecule has 0 saturated heterocycles. The molecule has 0 bridgehead atoms. The van der Waals surface area contributed by atoms with E-state index in [-0.39, 0.29) is 18.4 Å². The van der Waals surface area contributed by atoms with Gasteiger partial charge in [-0.25, -0.2) is 0 Å². The first-order valence-corrected chi connectivity index (χ1v) is 8.15. The van der Waals surface area contributed by atoms with Crippen LogP contribution in [0.1, 0.15) is 20.1 Å². The molecule has 0 saturated carbocycles. The van der Waals surface area contributed by atoms with Crippen molar-refractivity contribution < 1.29 is 9.59 Å². The number of hydrogen-bond donors (Lipinski definition) is 2. The fourth-order valence-electron chi connectivity index (χ4n) is 1.98. The molecule has 1 heterocycles. The summed E-state index contributed by atoms with van der Waals surface area (Å²) in [5.74, 6) is -0.420. The van der Waals surface area contributed by atoms with E-state index >= 15 is 0 Å². The molecule has 23 heavy (non-hydrogen) atoms. The number of thiophene rings is 1. The predicted octanol–water partition coefficient (Wildman–Crippen LogP) is 2.17. The topological polar surface area (TPSA) is 61.4 Å². The van der Waals surface area contributed by atoms with Crippen molar-refractivity contribution in [3.63, 3.8) is 0 Å². The van der Waals surface area contributed by atoms with E-state index in [9.17, 15) is 9.59 Å². The SMILES string of the molecule is Cc1ccc(C(=O)NCC(=O)NCc2ccc(N(C)C)cc2)s1. The quantitative estimate of drug-likeness (QED) is 0.853. The van der Waals surface area contributed by atoms with Gasteiger partial charge < -0.3 is 15.5 Å². The summed E-state index contributed by atoms with van der Waals surface area (Å²) in [7, 11) is 3.96. The Morgan fingerprint density at radius 3 is 2.30 bits per heavy atom. The van der Waals surface area contributed by atoms with Crippen LogP contribution in [0.2, 0.25) is 0 Å². The van der Waals surface area contributed by atoms with Crippen molar-refractivity contribution in [1.82, 2.24) is 10.6 Å². The van der Waals surface area contributed by atoms with Gasteiger partial charge in [-0.15, -0.1) is 11.3 Å². The van der Waals surface area contributed by atoms with E-state index in [1.54, 1.807) is 6.07 Å². The first-order chi connectivity index (χ1) is 11.0. The van der Waals surface area contributed by atoms with Crippen LogP contribution >= 0.6 is 11.3 Å². The van der Waals surface area contributed by atoms with Crippen LogP contribution in [0.4, 0.5) is 5.69 Å². The van der Waals surface area contributed by atoms with Gasteiger partial charge in [-0.3, -0.25) is 9.59 Å². The van der Waals surface area contributed by atoms with Crippen molar-refractivity contribution >= 4 is 28.8 Å². The molecule has 6 heteroatoms. The van der Waals surface area contributed by atoms with Gasteiger partial charge in [-0.1, -0.05) is 12.1 Å². The second kappa shape index (κ2) is 7.78. The first kappa shape index (κ1) is 17.0. The smallest absolute Gasteiger partial charge is 0.261 e. The third kappa shape index (κ3) is 5.10. The summed E-state index contributed by atoms with van der Waals surface area (Å²) < 4.78 is 0. The fraction of sp³-hybridized carbons (Fsp3) is 0.294. The number of amides is 2. The fourth-order valence-corrected chi connectivity index (χ4v) is 2.76. The average Bonchev–Trinajstić information content (AvgIpc) is 2.97. The molecular formula is C17H21N3O2S. The van der Waals surface area contributed by atoms with E-state index < -0.39 is 0 Å². The van der Waals surface area contributed by atoms with Crippen LogP contribution in [0.25, 0.3) is 0 Å². The molecule has 2 aromatic rings. The third-order valence-corrected chi connectivity index (χ3v) is 4.32. The van der Waals surface area contributed by atoms with Crippen LogP contribution in [-0.4, -0.2) is 32.5 Å². The van der Waals surface area contributed by atoms with Crippen molar-refractivity contribution in [2.45, 2.75) is 13.5 Å². The predicted molar refractivity (Wildman–Crippen MR) is 94.0 cm³/mol. The first-order valence-electron chi connectivity index (χ1n) is 7.33. The van der Waals surface area contributed by atoms with Gasteiger partial charge in [0.2, 0.25) is 5.91 Å². The summed E-state index contributed by atoms with van der Waals surface area (Å²) >= 11 is 1.41. The summed E-state index contributed by atoms with van der Waals surface area (Å²) in [5.41, 5.74) is 2.13. The summed E-state index contributed by atoms with van der Waals surface area (Å²) in [6.45, 7) is 2.36. The third-order valence-electron chi connectivity index (χ3n) is 3.32. The highest BCUT2D eigenvalue weighted by atomic mass is 32.1. The van der Waals surface area contributed by atoms with Crippen molar-refractivity contribution in [2.75, 3.05) is 25.5 Å². The summed E-state index contributed by atoms with van der Waals surface area (Å²) in [6, 6.07) is 11.6. The summed E-state index contributed by atoms with van der Waals surface area (Å²) in [4.78, 5) is 27.4. The molecule has 2 amide bonds. The number of aryl methyl sites for hydroxylation is 1. The molecule has 122 valence electrons. The van der Waals surface area contributed by atoms with E-state index in [1.807, 2.05) is 56.3 Å². The molecule has 0 aliphatic carbocycles. The van der Waals surface area contributed by atoms with E-state index in [0.717, 1.165) is 16.1 Å². The number of nitrogens with one attached hydrogen (secondary N) is 2. The Hall–Kier alpha value is -2.34. The molecule has 0 fully saturated rings. The number of nitrogens with zero attached hydrogens (tertiary/aromatic N) is 1. The molecule has 1 aromatic carbocycles. The normalized spacial score (nSPS) is 10.2. The second-order valence-corrected chi connectivity index (χ2v) is 6.72. The van der Waals surface area contributed by atoms with Gasteiger partial charge in [0.1, 0.15) is 0 Å². The van der Waals surface area contributed by atoms with Crippen LogP contribution in [0.5, 0.6) is 0 Å². The van der Waals surface area contributed by atoms with Crippen molar-refractivity contribution in [2.24, 2.45) is 0 Å². The zero-order valence-electron chi connectivity index (χ0n) is 13.6. The lowest BCUT2D eigenvalue weighted by molar-refractivity contribution is -0.120. The van der Waals surface area contributed by atoms with Crippen molar-refractivity contribution in [3.05, 3.63) is 51.7 Å². The van der Waals surface area contributed by atoms with Gasteiger partial charge in [-0.05, 0) is 36.8 Å². The monoisotopic (exact) mass is 331 g/mol. The Balaban J connectivity index is 1.75. The van der Waals surface area contributed by atoms with E-state index in [4.69, 9.17) is 0 Å². The zero-order valence-corrected chi connectivity index (χ0v) is 14.4. The van der Waals surface area contributed by atoms with Gasteiger partial charge in [0.05, 0.1) is 11.4 Å². The minimum absolute atomic E-state index is 0.0223. The maximum Gasteiger partial charge on any atom is 0.261 e. The van der Waals surface area contributed by atoms with Crippen LogP contribution in [0.15, 0.2) is 36.4 Å². The highest BCUT2D eigenvalue weighted by Gasteiger charge is 2.09. The Kier molecular flexibility index (Phi) is 5.76. The van der Waals surface area contributed by atoms with E-state index in [0.29, 0.717) is 11.4 Å². The van der Waals surface area contributed by atoms with E-state index in [1.165, 1.54) is 11.3 Å². The number of hydrogen-bond acceptors (Lipinski definition) is 4. The van der Waals surface area contributed by atoms with E-state index in [2.05, 4.69) is 10.6 Å². The zero-order chi connectivity index (χ0) is 16.8. The minimum Gasteiger partial charge on any atom is -0.378 e. The molecule has 2 N–H and O–H groups in total. The van der Waals surface area contributed by atoms with Crippen LogP contribution < -0.4 is 15.5 Å². The largest absolute Gasteiger partial charge is 0.378 e. The van der Waals surface area contributed by atoms with Gasteiger partial charge in [0.15, 0.2) is 0 Å². The molecule has 0 aliphatic heterocycles. The number of carbonyl (C=O) groups is 2. The Labute approximate surface area is 140 Å². The Bertz CT molecular complexity index is 677. The number of carbonyl (C=O) groups excluding carboxylic acids is 2. The molecule has 1 aromatic heterocycles. The van der Waals surface area contributed by atoms with Crippen LogP contribution in [0, 0.1) is 6.92 Å². The van der Waals surface area contributed by atoms with Crippen molar-refractivity contribution in [3.8, 4) is 0 Å². The molecule has 0 unspecified atom stereocenters. The minimum atomic E-state index is -0.214. The maximum atomic E-state index is 11.9. The van der Waals surface area contributed by atoms with Gasteiger partial charge in [0, 0.05) is 31.2 Å². The lowest BCUT2D eigenvalue weighted by Gasteiger charge is -2.13. The molecule has 0 aliphatic rings. The summed E-state index contributed by atoms with van der Waals surface area (Å²) in [5, 5.41) is 5.42. The number of anilines is 1. The average molecular weight is 331 g/mol. The van der Waals surface area contributed by atoms with Gasteiger partial charge >= 0.3 is 0 Å². The Morgan fingerprint density at radius 1 is 1.04 bits per heavy atom. The van der Waals surface area contributed by atoms with Crippen molar-refractivity contribution in [1.29, 1.82) is 0 Å².